The number of rotatable bonds is 8. The third kappa shape index (κ3) is 6.41. The molecule has 7 heteroatoms. The topological polar surface area (TPSA) is 85.9 Å². The lowest BCUT2D eigenvalue weighted by Crippen LogP contribution is -2.42. The third-order valence-corrected chi connectivity index (χ3v) is 4.25. The Bertz CT molecular complexity index is 864. The van der Waals surface area contributed by atoms with E-state index < -0.39 is 5.91 Å². The molecule has 0 aromatic heterocycles. The zero-order valence-corrected chi connectivity index (χ0v) is 17.5. The van der Waals surface area contributed by atoms with Gasteiger partial charge in [0.05, 0.1) is 26.2 Å². The first-order chi connectivity index (χ1) is 13.8. The second kappa shape index (κ2) is 10.4. The van der Waals surface area contributed by atoms with Gasteiger partial charge < -0.3 is 14.2 Å². The van der Waals surface area contributed by atoms with E-state index in [0.717, 1.165) is 16.9 Å². The van der Waals surface area contributed by atoms with E-state index in [1.807, 2.05) is 45.9 Å². The minimum absolute atomic E-state index is 0.0197. The SMILES string of the molecule is COc1cc(C(=O)NNC(=O)CCOc2cccc(C)c2C)ccc1OC(C)C. The van der Waals surface area contributed by atoms with Crippen LogP contribution in [0.5, 0.6) is 17.2 Å². The van der Waals surface area contributed by atoms with Crippen molar-refractivity contribution >= 4 is 11.8 Å². The lowest BCUT2D eigenvalue weighted by molar-refractivity contribution is -0.122. The lowest BCUT2D eigenvalue weighted by Gasteiger charge is -2.14. The molecule has 156 valence electrons. The van der Waals surface area contributed by atoms with Crippen LogP contribution in [0.4, 0.5) is 0 Å². The van der Waals surface area contributed by atoms with Crippen LogP contribution in [0.15, 0.2) is 36.4 Å². The highest BCUT2D eigenvalue weighted by Gasteiger charge is 2.13. The molecule has 0 aliphatic carbocycles. The molecule has 2 aromatic carbocycles. The van der Waals surface area contributed by atoms with Crippen molar-refractivity contribution in [2.45, 2.75) is 40.2 Å². The highest BCUT2D eigenvalue weighted by atomic mass is 16.5. The molecular formula is C22H28N2O5. The summed E-state index contributed by atoms with van der Waals surface area (Å²) in [4.78, 5) is 24.2. The van der Waals surface area contributed by atoms with E-state index >= 15 is 0 Å². The highest BCUT2D eigenvalue weighted by Crippen LogP contribution is 2.28. The number of ether oxygens (including phenoxy) is 3. The van der Waals surface area contributed by atoms with Gasteiger partial charge in [-0.2, -0.15) is 0 Å². The predicted octanol–water partition coefficient (Wildman–Crippen LogP) is 3.33. The molecule has 0 saturated carbocycles. The molecule has 0 radical (unpaired) electrons. The largest absolute Gasteiger partial charge is 0.493 e. The number of methoxy groups -OCH3 is 1. The lowest BCUT2D eigenvalue weighted by atomic mass is 10.1. The molecule has 0 bridgehead atoms. The van der Waals surface area contributed by atoms with Gasteiger partial charge in [0.25, 0.3) is 5.91 Å². The first-order valence-corrected chi connectivity index (χ1v) is 9.44. The van der Waals surface area contributed by atoms with E-state index in [1.165, 1.54) is 7.11 Å². The molecule has 0 fully saturated rings. The van der Waals surface area contributed by atoms with Gasteiger partial charge in [-0.25, -0.2) is 0 Å². The van der Waals surface area contributed by atoms with Crippen LogP contribution < -0.4 is 25.1 Å². The summed E-state index contributed by atoms with van der Waals surface area (Å²) in [6, 6.07) is 10.6. The van der Waals surface area contributed by atoms with Crippen LogP contribution in [-0.4, -0.2) is 31.6 Å². The fraction of sp³-hybridized carbons (Fsp3) is 0.364. The minimum atomic E-state index is -0.455. The maximum Gasteiger partial charge on any atom is 0.269 e. The molecule has 0 aliphatic heterocycles. The number of hydrogen-bond acceptors (Lipinski definition) is 5. The first kappa shape index (κ1) is 22.1. The summed E-state index contributed by atoms with van der Waals surface area (Å²) < 4.78 is 16.5. The zero-order valence-electron chi connectivity index (χ0n) is 17.5. The van der Waals surface area contributed by atoms with Crippen molar-refractivity contribution in [3.63, 3.8) is 0 Å². The van der Waals surface area contributed by atoms with Crippen LogP contribution >= 0.6 is 0 Å². The number of carbonyl (C=O) groups is 2. The Morgan fingerprint density at radius 3 is 2.45 bits per heavy atom. The Hall–Kier alpha value is -3.22. The van der Waals surface area contributed by atoms with Crippen LogP contribution in [0, 0.1) is 13.8 Å². The Balaban J connectivity index is 1.83. The van der Waals surface area contributed by atoms with E-state index in [0.29, 0.717) is 17.1 Å². The van der Waals surface area contributed by atoms with Gasteiger partial charge in [-0.05, 0) is 63.1 Å². The Labute approximate surface area is 171 Å². The fourth-order valence-electron chi connectivity index (χ4n) is 2.56. The molecule has 0 atom stereocenters. The quantitative estimate of drug-likeness (QED) is 0.664. The van der Waals surface area contributed by atoms with Gasteiger partial charge in [-0.15, -0.1) is 0 Å². The predicted molar refractivity (Wildman–Crippen MR) is 110 cm³/mol. The maximum atomic E-state index is 12.3. The van der Waals surface area contributed by atoms with Crippen LogP contribution in [0.25, 0.3) is 0 Å². The van der Waals surface area contributed by atoms with Crippen molar-refractivity contribution in [1.29, 1.82) is 0 Å². The molecule has 0 spiro atoms. The molecule has 0 aliphatic rings. The average Bonchev–Trinajstić information content (AvgIpc) is 2.69. The van der Waals surface area contributed by atoms with E-state index in [9.17, 15) is 9.59 Å². The van der Waals surface area contributed by atoms with E-state index in [4.69, 9.17) is 14.2 Å². The van der Waals surface area contributed by atoms with Crippen molar-refractivity contribution in [3.8, 4) is 17.2 Å². The standard InChI is InChI=1S/C22H28N2O5/c1-14(2)29-19-10-9-17(13-20(19)27-5)22(26)24-23-21(25)11-12-28-18-8-6-7-15(3)16(18)4/h6-10,13-14H,11-12H2,1-5H3,(H,23,25)(H,24,26). The number of amides is 2. The summed E-state index contributed by atoms with van der Waals surface area (Å²) in [5.41, 5.74) is 7.28. The third-order valence-electron chi connectivity index (χ3n) is 4.25. The Morgan fingerprint density at radius 2 is 1.76 bits per heavy atom. The highest BCUT2D eigenvalue weighted by molar-refractivity contribution is 5.96. The summed E-state index contributed by atoms with van der Waals surface area (Å²) in [5, 5.41) is 0. The van der Waals surface area contributed by atoms with Crippen LogP contribution in [-0.2, 0) is 4.79 Å². The molecule has 2 aromatic rings. The summed E-state index contributed by atoms with van der Waals surface area (Å²) >= 11 is 0. The van der Waals surface area contributed by atoms with Gasteiger partial charge in [0.2, 0.25) is 5.91 Å². The van der Waals surface area contributed by atoms with Gasteiger partial charge in [-0.1, -0.05) is 12.1 Å². The van der Waals surface area contributed by atoms with Crippen LogP contribution in [0.1, 0.15) is 41.8 Å². The molecule has 7 nitrogen and oxygen atoms in total. The van der Waals surface area contributed by atoms with Gasteiger partial charge in [-0.3, -0.25) is 20.4 Å². The summed E-state index contributed by atoms with van der Waals surface area (Å²) in [6.45, 7) is 7.98. The van der Waals surface area contributed by atoms with Crippen molar-refractivity contribution in [1.82, 2.24) is 10.9 Å². The van der Waals surface area contributed by atoms with Crippen molar-refractivity contribution in [3.05, 3.63) is 53.1 Å². The van der Waals surface area contributed by atoms with Crippen LogP contribution in [0.3, 0.4) is 0 Å². The zero-order chi connectivity index (χ0) is 21.4. The second-order valence-electron chi connectivity index (χ2n) is 6.83. The summed E-state index contributed by atoms with van der Waals surface area (Å²) in [7, 11) is 1.50. The normalized spacial score (nSPS) is 10.4. The second-order valence-corrected chi connectivity index (χ2v) is 6.83. The number of aryl methyl sites for hydroxylation is 1. The number of nitrogens with one attached hydrogen (secondary N) is 2. The monoisotopic (exact) mass is 400 g/mol. The molecule has 29 heavy (non-hydrogen) atoms. The van der Waals surface area contributed by atoms with E-state index in [2.05, 4.69) is 10.9 Å². The van der Waals surface area contributed by atoms with Crippen molar-refractivity contribution in [2.24, 2.45) is 0 Å². The molecule has 2 rings (SSSR count). The first-order valence-electron chi connectivity index (χ1n) is 9.44. The number of hydrogen-bond donors (Lipinski definition) is 2. The molecule has 0 saturated heterocycles. The molecule has 0 unspecified atom stereocenters. The smallest absolute Gasteiger partial charge is 0.269 e. The molecule has 2 amide bonds. The minimum Gasteiger partial charge on any atom is -0.493 e. The summed E-state index contributed by atoms with van der Waals surface area (Å²) in [6.07, 6.45) is 0.0895. The van der Waals surface area contributed by atoms with E-state index in [-0.39, 0.29) is 25.0 Å². The average molecular weight is 400 g/mol. The van der Waals surface area contributed by atoms with Gasteiger partial charge in [0.1, 0.15) is 5.75 Å². The Kier molecular flexibility index (Phi) is 7.88. The fourth-order valence-corrected chi connectivity index (χ4v) is 2.56. The summed E-state index contributed by atoms with van der Waals surface area (Å²) in [5.74, 6) is 0.933. The van der Waals surface area contributed by atoms with Gasteiger partial charge >= 0.3 is 0 Å². The maximum absolute atomic E-state index is 12.3. The number of hydrazine groups is 1. The van der Waals surface area contributed by atoms with Gasteiger partial charge in [0.15, 0.2) is 11.5 Å². The number of benzene rings is 2. The van der Waals surface area contributed by atoms with Crippen LogP contribution in [0.2, 0.25) is 0 Å². The Morgan fingerprint density at radius 1 is 1.00 bits per heavy atom. The van der Waals surface area contributed by atoms with Crippen molar-refractivity contribution < 1.29 is 23.8 Å². The van der Waals surface area contributed by atoms with Crippen molar-refractivity contribution in [2.75, 3.05) is 13.7 Å². The number of carbonyl (C=O) groups excluding carboxylic acids is 2. The molecule has 2 N–H and O–H groups in total. The molecular weight excluding hydrogens is 372 g/mol. The molecule has 0 heterocycles. The van der Waals surface area contributed by atoms with E-state index in [1.54, 1.807) is 18.2 Å². The van der Waals surface area contributed by atoms with Gasteiger partial charge in [0, 0.05) is 5.56 Å².